The van der Waals surface area contributed by atoms with E-state index < -0.39 is 11.6 Å². The SMILES string of the molecule is Cc1c(C)c(C(=O)Nc2ccc3c(c2)OCO3)n(Cc2ccc(F)cc2F)c1C. The molecule has 0 saturated heterocycles. The number of nitrogens with one attached hydrogen (secondary N) is 1. The van der Waals surface area contributed by atoms with Gasteiger partial charge in [0.05, 0.1) is 6.54 Å². The van der Waals surface area contributed by atoms with Crippen LogP contribution in [0.3, 0.4) is 0 Å². The Kier molecular flexibility index (Phi) is 4.74. The highest BCUT2D eigenvalue weighted by Crippen LogP contribution is 2.34. The lowest BCUT2D eigenvalue weighted by molar-refractivity contribution is 0.101. The van der Waals surface area contributed by atoms with E-state index in [1.165, 1.54) is 12.1 Å². The molecule has 2 aromatic carbocycles. The lowest BCUT2D eigenvalue weighted by Gasteiger charge is -2.14. The number of fused-ring (bicyclic) bond motifs is 1. The van der Waals surface area contributed by atoms with E-state index in [1.54, 1.807) is 22.8 Å². The Labute approximate surface area is 166 Å². The van der Waals surface area contributed by atoms with Gasteiger partial charge in [-0.2, -0.15) is 0 Å². The Morgan fingerprint density at radius 3 is 2.55 bits per heavy atom. The molecule has 1 aliphatic rings. The Bertz CT molecular complexity index is 1120. The largest absolute Gasteiger partial charge is 0.454 e. The standard InChI is InChI=1S/C22H20F2N2O3/c1-12-13(2)21(22(27)25-17-6-7-19-20(9-17)29-11-28-19)26(14(12)3)10-15-4-5-16(23)8-18(15)24/h4-9H,10-11H2,1-3H3,(H,25,27). The van der Waals surface area contributed by atoms with Gasteiger partial charge in [0.2, 0.25) is 6.79 Å². The predicted molar refractivity (Wildman–Crippen MR) is 105 cm³/mol. The number of aromatic nitrogens is 1. The second kappa shape index (κ2) is 7.24. The van der Waals surface area contributed by atoms with E-state index in [0.717, 1.165) is 22.9 Å². The van der Waals surface area contributed by atoms with E-state index in [0.29, 0.717) is 28.4 Å². The van der Waals surface area contributed by atoms with Gasteiger partial charge in [-0.15, -0.1) is 0 Å². The van der Waals surface area contributed by atoms with Gasteiger partial charge >= 0.3 is 0 Å². The van der Waals surface area contributed by atoms with Gasteiger partial charge in [-0.25, -0.2) is 8.78 Å². The van der Waals surface area contributed by atoms with Crippen LogP contribution in [0.25, 0.3) is 0 Å². The molecule has 1 aromatic heterocycles. The van der Waals surface area contributed by atoms with Gasteiger partial charge in [0.25, 0.3) is 5.91 Å². The van der Waals surface area contributed by atoms with Crippen molar-refractivity contribution >= 4 is 11.6 Å². The van der Waals surface area contributed by atoms with Crippen LogP contribution in [-0.4, -0.2) is 17.3 Å². The molecule has 29 heavy (non-hydrogen) atoms. The Balaban J connectivity index is 1.67. The number of amides is 1. The van der Waals surface area contributed by atoms with Crippen LogP contribution in [0.15, 0.2) is 36.4 Å². The molecule has 150 valence electrons. The first-order valence-electron chi connectivity index (χ1n) is 9.16. The molecule has 1 N–H and O–H groups in total. The number of rotatable bonds is 4. The second-order valence-corrected chi connectivity index (χ2v) is 7.03. The molecule has 0 spiro atoms. The normalized spacial score (nSPS) is 12.3. The molecule has 2 heterocycles. The molecule has 0 atom stereocenters. The molecule has 0 aliphatic carbocycles. The summed E-state index contributed by atoms with van der Waals surface area (Å²) in [6.07, 6.45) is 0. The van der Waals surface area contributed by atoms with Crippen molar-refractivity contribution in [3.63, 3.8) is 0 Å². The fourth-order valence-corrected chi connectivity index (χ4v) is 3.50. The highest BCUT2D eigenvalue weighted by molar-refractivity contribution is 6.04. The van der Waals surface area contributed by atoms with Gasteiger partial charge in [0.1, 0.15) is 17.3 Å². The minimum atomic E-state index is -0.643. The second-order valence-electron chi connectivity index (χ2n) is 7.03. The maximum Gasteiger partial charge on any atom is 0.272 e. The van der Waals surface area contributed by atoms with Crippen molar-refractivity contribution in [2.45, 2.75) is 27.3 Å². The molecule has 1 amide bonds. The van der Waals surface area contributed by atoms with Gasteiger partial charge in [-0.05, 0) is 50.1 Å². The van der Waals surface area contributed by atoms with Crippen molar-refractivity contribution < 1.29 is 23.0 Å². The van der Waals surface area contributed by atoms with Crippen LogP contribution >= 0.6 is 0 Å². The average molecular weight is 398 g/mol. The lowest BCUT2D eigenvalue weighted by Crippen LogP contribution is -2.19. The van der Waals surface area contributed by atoms with Crippen LogP contribution in [0.4, 0.5) is 14.5 Å². The van der Waals surface area contributed by atoms with Crippen molar-refractivity contribution in [1.82, 2.24) is 4.57 Å². The highest BCUT2D eigenvalue weighted by atomic mass is 19.1. The molecule has 0 fully saturated rings. The summed E-state index contributed by atoms with van der Waals surface area (Å²) in [5.74, 6) is -0.407. The Morgan fingerprint density at radius 2 is 1.79 bits per heavy atom. The van der Waals surface area contributed by atoms with E-state index >= 15 is 0 Å². The van der Waals surface area contributed by atoms with Crippen molar-refractivity contribution in [2.24, 2.45) is 0 Å². The third kappa shape index (κ3) is 3.44. The van der Waals surface area contributed by atoms with E-state index in [2.05, 4.69) is 5.32 Å². The molecular formula is C22H20F2N2O3. The summed E-state index contributed by atoms with van der Waals surface area (Å²) in [5.41, 5.74) is 3.91. The first-order valence-corrected chi connectivity index (χ1v) is 9.16. The van der Waals surface area contributed by atoms with Crippen molar-refractivity contribution in [3.05, 3.63) is 76.1 Å². The molecular weight excluding hydrogens is 378 g/mol. The number of benzene rings is 2. The average Bonchev–Trinajstić information content (AvgIpc) is 3.22. The number of anilines is 1. The van der Waals surface area contributed by atoms with Crippen LogP contribution in [0, 0.1) is 32.4 Å². The number of halogens is 2. The molecule has 0 unspecified atom stereocenters. The first-order chi connectivity index (χ1) is 13.8. The summed E-state index contributed by atoms with van der Waals surface area (Å²) in [4.78, 5) is 13.1. The van der Waals surface area contributed by atoms with Gasteiger partial charge in [0.15, 0.2) is 11.5 Å². The summed E-state index contributed by atoms with van der Waals surface area (Å²) in [6.45, 7) is 5.92. The van der Waals surface area contributed by atoms with E-state index in [1.807, 2.05) is 20.8 Å². The van der Waals surface area contributed by atoms with E-state index in [-0.39, 0.29) is 19.2 Å². The minimum absolute atomic E-state index is 0.122. The summed E-state index contributed by atoms with van der Waals surface area (Å²) < 4.78 is 39.8. The van der Waals surface area contributed by atoms with Crippen LogP contribution in [-0.2, 0) is 6.54 Å². The van der Waals surface area contributed by atoms with Crippen molar-refractivity contribution in [3.8, 4) is 11.5 Å². The summed E-state index contributed by atoms with van der Waals surface area (Å²) >= 11 is 0. The number of carbonyl (C=O) groups is 1. The zero-order valence-electron chi connectivity index (χ0n) is 16.3. The molecule has 0 radical (unpaired) electrons. The number of carbonyl (C=O) groups excluding carboxylic acids is 1. The topological polar surface area (TPSA) is 52.5 Å². The third-order valence-corrected chi connectivity index (χ3v) is 5.32. The predicted octanol–water partition coefficient (Wildman–Crippen LogP) is 4.72. The zero-order chi connectivity index (χ0) is 20.7. The molecule has 5 nitrogen and oxygen atoms in total. The highest BCUT2D eigenvalue weighted by Gasteiger charge is 2.22. The first kappa shape index (κ1) is 19.0. The van der Waals surface area contributed by atoms with Gasteiger partial charge in [0, 0.05) is 29.1 Å². The summed E-state index contributed by atoms with van der Waals surface area (Å²) in [6, 6.07) is 8.61. The minimum Gasteiger partial charge on any atom is -0.454 e. The number of hydrogen-bond donors (Lipinski definition) is 1. The summed E-state index contributed by atoms with van der Waals surface area (Å²) in [5, 5.41) is 2.87. The fraction of sp³-hybridized carbons (Fsp3) is 0.227. The van der Waals surface area contributed by atoms with Gasteiger partial charge in [-0.3, -0.25) is 4.79 Å². The molecule has 0 bridgehead atoms. The number of ether oxygens (including phenoxy) is 2. The monoisotopic (exact) mass is 398 g/mol. The van der Waals surface area contributed by atoms with Crippen LogP contribution in [0.2, 0.25) is 0 Å². The maximum atomic E-state index is 14.2. The van der Waals surface area contributed by atoms with Crippen LogP contribution in [0.5, 0.6) is 11.5 Å². The zero-order valence-corrected chi connectivity index (χ0v) is 16.3. The van der Waals surface area contributed by atoms with Crippen molar-refractivity contribution in [1.29, 1.82) is 0 Å². The quantitative estimate of drug-likeness (QED) is 0.692. The smallest absolute Gasteiger partial charge is 0.272 e. The van der Waals surface area contributed by atoms with Crippen LogP contribution < -0.4 is 14.8 Å². The maximum absolute atomic E-state index is 14.2. The molecule has 1 aliphatic heterocycles. The van der Waals surface area contributed by atoms with Crippen molar-refractivity contribution in [2.75, 3.05) is 12.1 Å². The fourth-order valence-electron chi connectivity index (χ4n) is 3.50. The van der Waals surface area contributed by atoms with E-state index in [4.69, 9.17) is 9.47 Å². The van der Waals surface area contributed by atoms with Gasteiger partial charge < -0.3 is 19.4 Å². The van der Waals surface area contributed by atoms with E-state index in [9.17, 15) is 13.6 Å². The molecule has 4 rings (SSSR count). The molecule has 0 saturated carbocycles. The number of hydrogen-bond acceptors (Lipinski definition) is 3. The Hall–Kier alpha value is -3.35. The summed E-state index contributed by atoms with van der Waals surface area (Å²) in [7, 11) is 0. The third-order valence-electron chi connectivity index (χ3n) is 5.32. The number of nitrogens with zero attached hydrogens (tertiary/aromatic N) is 1. The Morgan fingerprint density at radius 1 is 1.03 bits per heavy atom. The van der Waals surface area contributed by atoms with Crippen LogP contribution in [0.1, 0.15) is 32.9 Å². The lowest BCUT2D eigenvalue weighted by atomic mass is 10.1. The van der Waals surface area contributed by atoms with Gasteiger partial charge in [-0.1, -0.05) is 6.07 Å². The molecule has 7 heteroatoms. The molecule has 3 aromatic rings.